The minimum atomic E-state index is 0.113. The number of hydrogen-bond donors (Lipinski definition) is 0. The highest BCUT2D eigenvalue weighted by molar-refractivity contribution is 5.87. The number of hydrogen-bond acceptors (Lipinski definition) is 1. The van der Waals surface area contributed by atoms with E-state index in [1.54, 1.807) is 13.0 Å². The third kappa shape index (κ3) is 4.46. The molecule has 1 saturated carbocycles. The van der Waals surface area contributed by atoms with E-state index in [-0.39, 0.29) is 5.78 Å². The lowest BCUT2D eigenvalue weighted by molar-refractivity contribution is -0.112. The van der Waals surface area contributed by atoms with Gasteiger partial charge in [0.05, 0.1) is 0 Å². The number of allylic oxidation sites excluding steroid dienone is 4. The molecule has 84 valence electrons. The fourth-order valence-electron chi connectivity index (χ4n) is 1.90. The molecule has 15 heavy (non-hydrogen) atoms. The zero-order valence-corrected chi connectivity index (χ0v) is 10.3. The molecule has 1 rings (SSSR count). The summed E-state index contributed by atoms with van der Waals surface area (Å²) in [6.45, 7) is 8.39. The molecule has 0 aromatic heterocycles. The van der Waals surface area contributed by atoms with Crippen LogP contribution >= 0.6 is 0 Å². The summed E-state index contributed by atoms with van der Waals surface area (Å²) in [5.74, 6) is 1.03. The molecule has 1 aliphatic carbocycles. The summed E-state index contributed by atoms with van der Waals surface area (Å²) in [4.78, 5) is 10.7. The Morgan fingerprint density at radius 2 is 2.00 bits per heavy atom. The van der Waals surface area contributed by atoms with Crippen LogP contribution < -0.4 is 0 Å². The van der Waals surface area contributed by atoms with Crippen molar-refractivity contribution in [2.24, 2.45) is 11.3 Å². The monoisotopic (exact) mass is 206 g/mol. The predicted molar refractivity (Wildman–Crippen MR) is 64.7 cm³/mol. The minimum Gasteiger partial charge on any atom is -0.295 e. The summed E-state index contributed by atoms with van der Waals surface area (Å²) in [5, 5.41) is 0. The fourth-order valence-corrected chi connectivity index (χ4v) is 1.90. The number of ketones is 1. The van der Waals surface area contributed by atoms with Crippen LogP contribution in [0.2, 0.25) is 0 Å². The van der Waals surface area contributed by atoms with Crippen LogP contribution in [0.5, 0.6) is 0 Å². The van der Waals surface area contributed by atoms with Crippen LogP contribution in [-0.4, -0.2) is 5.78 Å². The minimum absolute atomic E-state index is 0.113. The Morgan fingerprint density at radius 3 is 2.47 bits per heavy atom. The standard InChI is InChI=1S/C14H22O/c1-11(6-5-7-12(2)15)8-9-13-10-14(13,3)4/h5-7,13H,8-10H2,1-4H3. The molecule has 0 heterocycles. The highest BCUT2D eigenvalue weighted by Gasteiger charge is 2.44. The second-order valence-electron chi connectivity index (χ2n) is 5.41. The molecule has 0 aromatic rings. The van der Waals surface area contributed by atoms with Crippen molar-refractivity contribution < 1.29 is 4.79 Å². The van der Waals surface area contributed by atoms with Gasteiger partial charge < -0.3 is 0 Å². The molecular formula is C14H22O. The summed E-state index contributed by atoms with van der Waals surface area (Å²) in [7, 11) is 0. The van der Waals surface area contributed by atoms with Gasteiger partial charge in [0.1, 0.15) is 0 Å². The van der Waals surface area contributed by atoms with E-state index >= 15 is 0 Å². The van der Waals surface area contributed by atoms with Gasteiger partial charge in [-0.1, -0.05) is 31.6 Å². The van der Waals surface area contributed by atoms with Gasteiger partial charge in [-0.25, -0.2) is 0 Å². The van der Waals surface area contributed by atoms with E-state index in [2.05, 4.69) is 26.8 Å². The average Bonchev–Trinajstić information content (AvgIpc) is 2.70. The van der Waals surface area contributed by atoms with Crippen LogP contribution in [0, 0.1) is 11.3 Å². The Labute approximate surface area is 93.3 Å². The van der Waals surface area contributed by atoms with Crippen molar-refractivity contribution in [3.63, 3.8) is 0 Å². The number of carbonyl (C=O) groups excluding carboxylic acids is 1. The first-order valence-corrected chi connectivity index (χ1v) is 5.76. The van der Waals surface area contributed by atoms with Crippen LogP contribution in [0.15, 0.2) is 23.8 Å². The summed E-state index contributed by atoms with van der Waals surface area (Å²) in [5.41, 5.74) is 1.96. The quantitative estimate of drug-likeness (QED) is 0.492. The van der Waals surface area contributed by atoms with E-state index in [1.807, 2.05) is 6.08 Å². The molecule has 0 aliphatic heterocycles. The third-order valence-corrected chi connectivity index (χ3v) is 3.32. The highest BCUT2D eigenvalue weighted by atomic mass is 16.1. The molecule has 0 N–H and O–H groups in total. The molecule has 0 aromatic carbocycles. The van der Waals surface area contributed by atoms with Crippen molar-refractivity contribution >= 4 is 5.78 Å². The summed E-state index contributed by atoms with van der Waals surface area (Å²) in [6, 6.07) is 0. The Kier molecular flexibility index (Phi) is 3.90. The van der Waals surface area contributed by atoms with Gasteiger partial charge in [-0.15, -0.1) is 0 Å². The molecule has 0 saturated heterocycles. The lowest BCUT2D eigenvalue weighted by Gasteiger charge is -2.02. The van der Waals surface area contributed by atoms with Gasteiger partial charge in [0.25, 0.3) is 0 Å². The topological polar surface area (TPSA) is 17.1 Å². The van der Waals surface area contributed by atoms with Crippen molar-refractivity contribution in [1.29, 1.82) is 0 Å². The summed E-state index contributed by atoms with van der Waals surface area (Å²) < 4.78 is 0. The van der Waals surface area contributed by atoms with Gasteiger partial charge in [0.15, 0.2) is 5.78 Å². The van der Waals surface area contributed by atoms with E-state index in [0.29, 0.717) is 5.41 Å². The molecule has 0 radical (unpaired) electrons. The van der Waals surface area contributed by atoms with E-state index in [0.717, 1.165) is 12.3 Å². The summed E-state index contributed by atoms with van der Waals surface area (Å²) >= 11 is 0. The molecule has 1 heteroatoms. The molecule has 0 spiro atoms. The molecular weight excluding hydrogens is 184 g/mol. The fraction of sp³-hybridized carbons (Fsp3) is 0.643. The second-order valence-corrected chi connectivity index (χ2v) is 5.41. The maximum Gasteiger partial charge on any atom is 0.152 e. The molecule has 1 atom stereocenters. The maximum absolute atomic E-state index is 10.7. The van der Waals surface area contributed by atoms with Crippen molar-refractivity contribution in [2.45, 2.75) is 47.0 Å². The SMILES string of the molecule is CC(=O)C=CC=C(C)CCC1CC1(C)C. The van der Waals surface area contributed by atoms with Gasteiger partial charge in [-0.2, -0.15) is 0 Å². The zero-order valence-electron chi connectivity index (χ0n) is 10.3. The van der Waals surface area contributed by atoms with E-state index in [4.69, 9.17) is 0 Å². The summed E-state index contributed by atoms with van der Waals surface area (Å²) in [6.07, 6.45) is 9.36. The largest absolute Gasteiger partial charge is 0.295 e. The number of carbonyl (C=O) groups is 1. The predicted octanol–water partition coefficient (Wildman–Crippen LogP) is 3.90. The van der Waals surface area contributed by atoms with Crippen molar-refractivity contribution in [1.82, 2.24) is 0 Å². The molecule has 1 fully saturated rings. The Bertz CT molecular complexity index is 294. The van der Waals surface area contributed by atoms with Gasteiger partial charge in [0, 0.05) is 0 Å². The third-order valence-electron chi connectivity index (χ3n) is 3.32. The van der Waals surface area contributed by atoms with Gasteiger partial charge >= 0.3 is 0 Å². The molecule has 0 amide bonds. The Morgan fingerprint density at radius 1 is 1.40 bits per heavy atom. The Balaban J connectivity index is 2.24. The average molecular weight is 206 g/mol. The first-order valence-electron chi connectivity index (χ1n) is 5.76. The van der Waals surface area contributed by atoms with Crippen molar-refractivity contribution in [3.05, 3.63) is 23.8 Å². The zero-order chi connectivity index (χ0) is 11.5. The van der Waals surface area contributed by atoms with E-state index in [1.165, 1.54) is 18.4 Å². The molecule has 0 bridgehead atoms. The van der Waals surface area contributed by atoms with E-state index < -0.39 is 0 Å². The van der Waals surface area contributed by atoms with Crippen LogP contribution in [0.4, 0.5) is 0 Å². The van der Waals surface area contributed by atoms with Gasteiger partial charge in [0.2, 0.25) is 0 Å². The number of rotatable bonds is 5. The first-order chi connectivity index (χ1) is 6.92. The smallest absolute Gasteiger partial charge is 0.152 e. The lowest BCUT2D eigenvalue weighted by atomic mass is 10.0. The molecule has 1 unspecified atom stereocenters. The van der Waals surface area contributed by atoms with Crippen LogP contribution in [0.3, 0.4) is 0 Å². The maximum atomic E-state index is 10.7. The van der Waals surface area contributed by atoms with E-state index in [9.17, 15) is 4.79 Å². The Hall–Kier alpha value is -0.850. The molecule has 1 nitrogen and oxygen atoms in total. The highest BCUT2D eigenvalue weighted by Crippen LogP contribution is 2.54. The second kappa shape index (κ2) is 4.78. The normalized spacial score (nSPS) is 24.5. The molecule has 1 aliphatic rings. The van der Waals surface area contributed by atoms with Crippen molar-refractivity contribution in [3.8, 4) is 0 Å². The van der Waals surface area contributed by atoms with Gasteiger partial charge in [-0.05, 0) is 50.5 Å². The lowest BCUT2D eigenvalue weighted by Crippen LogP contribution is -1.90. The van der Waals surface area contributed by atoms with Crippen molar-refractivity contribution in [2.75, 3.05) is 0 Å². The van der Waals surface area contributed by atoms with Crippen LogP contribution in [-0.2, 0) is 4.79 Å². The van der Waals surface area contributed by atoms with Crippen LogP contribution in [0.25, 0.3) is 0 Å². The van der Waals surface area contributed by atoms with Crippen LogP contribution in [0.1, 0.15) is 47.0 Å². The van der Waals surface area contributed by atoms with Gasteiger partial charge in [-0.3, -0.25) is 4.79 Å². The first kappa shape index (κ1) is 12.2.